The van der Waals surface area contributed by atoms with Crippen LogP contribution in [0.5, 0.6) is 0 Å². The number of nitrogens with one attached hydrogen (secondary N) is 2. The Hall–Kier alpha value is -4.25. The van der Waals surface area contributed by atoms with Gasteiger partial charge in [0.15, 0.2) is 5.69 Å². The van der Waals surface area contributed by atoms with Crippen LogP contribution in [0.15, 0.2) is 58.1 Å². The number of aromatic nitrogens is 3. The average Bonchev–Trinajstić information content (AvgIpc) is 2.79. The highest BCUT2D eigenvalue weighted by Crippen LogP contribution is 2.18. The topological polar surface area (TPSA) is 146 Å². The maximum atomic E-state index is 13.1. The van der Waals surface area contributed by atoms with Crippen LogP contribution in [0.2, 0.25) is 0 Å². The molecule has 2 amide bonds. The number of nitrogen functional groups attached to an aromatic ring is 1. The molecule has 0 radical (unpaired) electrons. The number of likely N-dealkylation sites (N-methyl/N-ethyl adjacent to an activating group) is 2. The molecule has 35 heavy (non-hydrogen) atoms. The number of amides is 2. The fourth-order valence-electron chi connectivity index (χ4n) is 3.63. The lowest BCUT2D eigenvalue weighted by Crippen LogP contribution is -2.45. The first kappa shape index (κ1) is 25.4. The Labute approximate surface area is 202 Å². The Morgan fingerprint density at radius 3 is 2.46 bits per heavy atom. The Morgan fingerprint density at radius 1 is 1.09 bits per heavy atom. The molecule has 0 aliphatic carbocycles. The lowest BCUT2D eigenvalue weighted by atomic mass is 10.2. The second kappa shape index (κ2) is 11.3. The number of nitrogens with zero attached hydrogens (tertiary/aromatic N) is 4. The van der Waals surface area contributed by atoms with Crippen LogP contribution in [-0.2, 0) is 16.1 Å². The lowest BCUT2D eigenvalue weighted by molar-refractivity contribution is -0.121. The molecule has 1 aromatic carbocycles. The van der Waals surface area contributed by atoms with Gasteiger partial charge in [0.25, 0.3) is 5.56 Å². The van der Waals surface area contributed by atoms with Crippen LogP contribution in [-0.4, -0.2) is 57.9 Å². The summed E-state index contributed by atoms with van der Waals surface area (Å²) in [7, 11) is 1.61. The number of anilines is 3. The van der Waals surface area contributed by atoms with Crippen LogP contribution in [0.1, 0.15) is 18.2 Å². The van der Waals surface area contributed by atoms with Gasteiger partial charge in [-0.2, -0.15) is 0 Å². The van der Waals surface area contributed by atoms with E-state index in [4.69, 9.17) is 5.73 Å². The van der Waals surface area contributed by atoms with E-state index in [9.17, 15) is 19.2 Å². The van der Waals surface area contributed by atoms with E-state index in [1.54, 1.807) is 26.1 Å². The van der Waals surface area contributed by atoms with Gasteiger partial charge in [-0.3, -0.25) is 28.8 Å². The summed E-state index contributed by atoms with van der Waals surface area (Å²) in [6.07, 6.45) is 0. The van der Waals surface area contributed by atoms with E-state index >= 15 is 0 Å². The molecular formula is C24H29N7O4. The largest absolute Gasteiger partial charge is 0.383 e. The monoisotopic (exact) mass is 479 g/mol. The molecule has 0 unspecified atom stereocenters. The zero-order valence-corrected chi connectivity index (χ0v) is 19.9. The number of H-pyrrole nitrogens is 1. The SMILES string of the molecule is CCN(C(=O)CN(C)CC(=O)Nc1cccc(C)n1)c1c(N)n(Cc2ccccc2)c(=O)[nH]c1=O. The number of aromatic amines is 1. The average molecular weight is 480 g/mol. The normalized spacial score (nSPS) is 10.9. The quantitative estimate of drug-likeness (QED) is 0.411. The smallest absolute Gasteiger partial charge is 0.330 e. The number of carbonyl (C=O) groups excluding carboxylic acids is 2. The van der Waals surface area contributed by atoms with E-state index in [2.05, 4.69) is 15.3 Å². The van der Waals surface area contributed by atoms with E-state index < -0.39 is 17.2 Å². The zero-order chi connectivity index (χ0) is 25.5. The highest BCUT2D eigenvalue weighted by Gasteiger charge is 2.24. The number of aryl methyl sites for hydroxylation is 1. The summed E-state index contributed by atoms with van der Waals surface area (Å²) in [5.74, 6) is -0.470. The van der Waals surface area contributed by atoms with Gasteiger partial charge < -0.3 is 16.0 Å². The van der Waals surface area contributed by atoms with E-state index in [-0.39, 0.29) is 43.6 Å². The molecule has 0 saturated heterocycles. The third-order valence-corrected chi connectivity index (χ3v) is 5.26. The molecule has 0 bridgehead atoms. The van der Waals surface area contributed by atoms with Crippen LogP contribution in [0.25, 0.3) is 0 Å². The molecule has 4 N–H and O–H groups in total. The van der Waals surface area contributed by atoms with Crippen molar-refractivity contribution >= 4 is 29.1 Å². The van der Waals surface area contributed by atoms with Crippen molar-refractivity contribution in [2.24, 2.45) is 0 Å². The first-order chi connectivity index (χ1) is 16.7. The third-order valence-electron chi connectivity index (χ3n) is 5.26. The number of hydrogen-bond donors (Lipinski definition) is 3. The van der Waals surface area contributed by atoms with Crippen LogP contribution < -0.4 is 27.2 Å². The van der Waals surface area contributed by atoms with Crippen molar-refractivity contribution in [1.29, 1.82) is 0 Å². The van der Waals surface area contributed by atoms with Crippen LogP contribution in [0.3, 0.4) is 0 Å². The van der Waals surface area contributed by atoms with Gasteiger partial charge in [0, 0.05) is 12.2 Å². The molecule has 184 valence electrons. The number of hydrogen-bond acceptors (Lipinski definition) is 7. The molecule has 11 heteroatoms. The first-order valence-corrected chi connectivity index (χ1v) is 11.1. The number of pyridine rings is 1. The number of benzene rings is 1. The molecule has 0 saturated carbocycles. The molecule has 0 aliphatic rings. The van der Waals surface area contributed by atoms with Gasteiger partial charge in [-0.15, -0.1) is 0 Å². The minimum Gasteiger partial charge on any atom is -0.383 e. The van der Waals surface area contributed by atoms with Gasteiger partial charge in [-0.05, 0) is 38.6 Å². The van der Waals surface area contributed by atoms with E-state index in [0.29, 0.717) is 5.82 Å². The molecule has 0 atom stereocenters. The number of rotatable bonds is 9. The van der Waals surface area contributed by atoms with Crippen molar-refractivity contribution in [3.8, 4) is 0 Å². The van der Waals surface area contributed by atoms with Gasteiger partial charge in [0.05, 0.1) is 19.6 Å². The Balaban J connectivity index is 1.75. The van der Waals surface area contributed by atoms with Crippen LogP contribution >= 0.6 is 0 Å². The lowest BCUT2D eigenvalue weighted by Gasteiger charge is -2.25. The molecule has 3 rings (SSSR count). The summed E-state index contributed by atoms with van der Waals surface area (Å²) < 4.78 is 1.22. The van der Waals surface area contributed by atoms with Gasteiger partial charge in [0.2, 0.25) is 11.8 Å². The summed E-state index contributed by atoms with van der Waals surface area (Å²) in [5, 5.41) is 2.69. The molecule has 0 aliphatic heterocycles. The van der Waals surface area contributed by atoms with Gasteiger partial charge in [-0.1, -0.05) is 36.4 Å². The minimum absolute atomic E-state index is 0.0712. The molecule has 0 fully saturated rings. The standard InChI is InChI=1S/C24H29N7O4/c1-4-30(20(33)15-29(3)14-19(32)27-18-12-8-9-16(2)26-18)21-22(25)31(24(35)28-23(21)34)13-17-10-6-5-7-11-17/h5-12H,4,13-15,25H2,1-3H3,(H,26,27,32)(H,28,34,35). The zero-order valence-electron chi connectivity index (χ0n) is 19.9. The molecule has 2 aromatic heterocycles. The van der Waals surface area contributed by atoms with E-state index in [1.807, 2.05) is 43.3 Å². The minimum atomic E-state index is -0.752. The predicted molar refractivity (Wildman–Crippen MR) is 134 cm³/mol. The number of carbonyl (C=O) groups is 2. The molecular weight excluding hydrogens is 450 g/mol. The molecule has 3 aromatic rings. The first-order valence-electron chi connectivity index (χ1n) is 11.1. The highest BCUT2D eigenvalue weighted by molar-refractivity contribution is 5.97. The Bertz CT molecular complexity index is 1320. The van der Waals surface area contributed by atoms with Gasteiger partial charge >= 0.3 is 5.69 Å². The van der Waals surface area contributed by atoms with Crippen molar-refractivity contribution < 1.29 is 9.59 Å². The molecule has 2 heterocycles. The second-order valence-corrected chi connectivity index (χ2v) is 8.09. The molecule has 0 spiro atoms. The summed E-state index contributed by atoms with van der Waals surface area (Å²) >= 11 is 0. The maximum absolute atomic E-state index is 13.1. The van der Waals surface area contributed by atoms with Crippen molar-refractivity contribution in [2.45, 2.75) is 20.4 Å². The van der Waals surface area contributed by atoms with Crippen molar-refractivity contribution in [3.63, 3.8) is 0 Å². The van der Waals surface area contributed by atoms with E-state index in [1.165, 1.54) is 14.4 Å². The Morgan fingerprint density at radius 2 is 1.80 bits per heavy atom. The van der Waals surface area contributed by atoms with Crippen molar-refractivity contribution in [2.75, 3.05) is 42.6 Å². The summed E-state index contributed by atoms with van der Waals surface area (Å²) in [5.41, 5.74) is 6.28. The van der Waals surface area contributed by atoms with Crippen molar-refractivity contribution in [1.82, 2.24) is 19.4 Å². The predicted octanol–water partition coefficient (Wildman–Crippen LogP) is 0.794. The van der Waals surface area contributed by atoms with Crippen LogP contribution in [0, 0.1) is 6.92 Å². The summed E-state index contributed by atoms with van der Waals surface area (Å²) in [6.45, 7) is 3.56. The highest BCUT2D eigenvalue weighted by atomic mass is 16.2. The summed E-state index contributed by atoms with van der Waals surface area (Å²) in [4.78, 5) is 59.7. The van der Waals surface area contributed by atoms with Gasteiger partial charge in [0.1, 0.15) is 11.6 Å². The van der Waals surface area contributed by atoms with Crippen LogP contribution in [0.4, 0.5) is 17.3 Å². The fourth-order valence-corrected chi connectivity index (χ4v) is 3.63. The second-order valence-electron chi connectivity index (χ2n) is 8.09. The van der Waals surface area contributed by atoms with Gasteiger partial charge in [-0.25, -0.2) is 9.78 Å². The molecule has 11 nitrogen and oxygen atoms in total. The number of nitrogens with two attached hydrogens (primary N) is 1. The summed E-state index contributed by atoms with van der Waals surface area (Å²) in [6, 6.07) is 14.4. The van der Waals surface area contributed by atoms with E-state index in [0.717, 1.165) is 11.3 Å². The third kappa shape index (κ3) is 6.42. The maximum Gasteiger partial charge on any atom is 0.330 e. The van der Waals surface area contributed by atoms with Crippen molar-refractivity contribution in [3.05, 3.63) is 80.6 Å². The fraction of sp³-hybridized carbons (Fsp3) is 0.292. The Kier molecular flexibility index (Phi) is 8.16.